The van der Waals surface area contributed by atoms with Crippen molar-refractivity contribution in [3.8, 4) is 11.5 Å². The molecule has 5 nitrogen and oxygen atoms in total. The lowest BCUT2D eigenvalue weighted by atomic mass is 9.97. The summed E-state index contributed by atoms with van der Waals surface area (Å²) >= 11 is 0. The monoisotopic (exact) mass is 366 g/mol. The number of aromatic amines is 1. The molecule has 0 radical (unpaired) electrons. The van der Waals surface area contributed by atoms with Crippen molar-refractivity contribution in [2.24, 2.45) is 0 Å². The highest BCUT2D eigenvalue weighted by atomic mass is 16.5. The Morgan fingerprint density at radius 3 is 2.78 bits per heavy atom. The molecule has 0 unspecified atom stereocenters. The molecule has 142 valence electrons. The summed E-state index contributed by atoms with van der Waals surface area (Å²) in [5.41, 5.74) is 4.60. The lowest BCUT2D eigenvalue weighted by Crippen LogP contribution is -2.37. The van der Waals surface area contributed by atoms with E-state index in [-0.39, 0.29) is 6.04 Å². The zero-order chi connectivity index (χ0) is 19.0. The van der Waals surface area contributed by atoms with Crippen LogP contribution in [0.4, 0.5) is 0 Å². The Hall–Kier alpha value is -2.50. The van der Waals surface area contributed by atoms with Gasteiger partial charge in [-0.2, -0.15) is 0 Å². The molecular formula is C22H26N2O3. The number of aliphatic hydroxyl groups excluding tert-OH is 1. The van der Waals surface area contributed by atoms with Gasteiger partial charge in [0.25, 0.3) is 0 Å². The Balaban J connectivity index is 1.58. The van der Waals surface area contributed by atoms with Gasteiger partial charge in [-0.25, -0.2) is 0 Å². The maximum atomic E-state index is 10.9. The largest absolute Gasteiger partial charge is 0.497 e. The van der Waals surface area contributed by atoms with E-state index < -0.39 is 6.10 Å². The first-order valence-corrected chi connectivity index (χ1v) is 9.36. The highest BCUT2D eigenvalue weighted by molar-refractivity contribution is 5.85. The van der Waals surface area contributed by atoms with Crippen molar-refractivity contribution in [2.75, 3.05) is 27.3 Å². The minimum Gasteiger partial charge on any atom is -0.497 e. The first-order valence-electron chi connectivity index (χ1n) is 9.36. The molecule has 27 heavy (non-hydrogen) atoms. The third kappa shape index (κ3) is 3.17. The van der Waals surface area contributed by atoms with Crippen LogP contribution in [0.5, 0.6) is 11.5 Å². The topological polar surface area (TPSA) is 57.7 Å². The van der Waals surface area contributed by atoms with Crippen LogP contribution in [0, 0.1) is 0 Å². The van der Waals surface area contributed by atoms with E-state index in [4.69, 9.17) is 9.47 Å². The third-order valence-electron chi connectivity index (χ3n) is 5.66. The van der Waals surface area contributed by atoms with Gasteiger partial charge < -0.3 is 19.6 Å². The molecule has 1 aliphatic rings. The van der Waals surface area contributed by atoms with Gasteiger partial charge in [-0.15, -0.1) is 0 Å². The van der Waals surface area contributed by atoms with Crippen molar-refractivity contribution in [1.29, 1.82) is 0 Å². The standard InChI is InChI=1S/C22H26N2O3/c1-14-22-17(16-6-4-5-7-19(16)23-22)10-11-24(14)13-20(25)18-12-15(26-2)8-9-21(18)27-3/h4-9,12,14,20,23,25H,10-11,13H2,1-3H3/t14-,20-/m0/s1. The van der Waals surface area contributed by atoms with Gasteiger partial charge in [-0.3, -0.25) is 4.90 Å². The highest BCUT2D eigenvalue weighted by Crippen LogP contribution is 2.36. The van der Waals surface area contributed by atoms with Crippen LogP contribution < -0.4 is 9.47 Å². The summed E-state index contributed by atoms with van der Waals surface area (Å²) in [4.78, 5) is 5.90. The average molecular weight is 366 g/mol. The van der Waals surface area contributed by atoms with Crippen LogP contribution in [0.1, 0.15) is 35.9 Å². The number of rotatable bonds is 5. The van der Waals surface area contributed by atoms with Gasteiger partial charge in [0.15, 0.2) is 0 Å². The number of nitrogens with zero attached hydrogens (tertiary/aromatic N) is 1. The number of H-pyrrole nitrogens is 1. The summed E-state index contributed by atoms with van der Waals surface area (Å²) in [6.07, 6.45) is 0.328. The summed E-state index contributed by atoms with van der Waals surface area (Å²) in [6, 6.07) is 14.2. The Kier molecular flexibility index (Phi) is 4.81. The number of ether oxygens (including phenoxy) is 2. The minimum atomic E-state index is -0.650. The number of β-amino-alcohol motifs (C(OH)–C–C–N with tert-alkyl or cyclic N) is 1. The maximum Gasteiger partial charge on any atom is 0.124 e. The van der Waals surface area contributed by atoms with Crippen molar-refractivity contribution < 1.29 is 14.6 Å². The van der Waals surface area contributed by atoms with Crippen LogP contribution in [-0.2, 0) is 6.42 Å². The quantitative estimate of drug-likeness (QED) is 0.720. The lowest BCUT2D eigenvalue weighted by molar-refractivity contribution is 0.0837. The number of benzene rings is 2. The first-order chi connectivity index (χ1) is 13.1. The maximum absolute atomic E-state index is 10.9. The van der Waals surface area contributed by atoms with E-state index >= 15 is 0 Å². The number of methoxy groups -OCH3 is 2. The zero-order valence-electron chi connectivity index (χ0n) is 16.0. The fourth-order valence-electron chi connectivity index (χ4n) is 4.15. The van der Waals surface area contributed by atoms with Crippen molar-refractivity contribution in [3.63, 3.8) is 0 Å². The Labute approximate surface area is 159 Å². The van der Waals surface area contributed by atoms with Gasteiger partial charge in [0, 0.05) is 41.3 Å². The fourth-order valence-corrected chi connectivity index (χ4v) is 4.15. The molecule has 3 aromatic rings. The number of hydrogen-bond donors (Lipinski definition) is 2. The molecule has 2 atom stereocenters. The van der Waals surface area contributed by atoms with E-state index in [0.29, 0.717) is 12.3 Å². The summed E-state index contributed by atoms with van der Waals surface area (Å²) in [5, 5.41) is 12.2. The minimum absolute atomic E-state index is 0.215. The predicted molar refractivity (Wildman–Crippen MR) is 106 cm³/mol. The molecule has 0 fully saturated rings. The Bertz CT molecular complexity index is 950. The summed E-state index contributed by atoms with van der Waals surface area (Å²) < 4.78 is 10.7. The third-order valence-corrected chi connectivity index (χ3v) is 5.66. The number of fused-ring (bicyclic) bond motifs is 3. The second kappa shape index (κ2) is 7.25. The van der Waals surface area contributed by atoms with E-state index in [0.717, 1.165) is 24.3 Å². The summed E-state index contributed by atoms with van der Waals surface area (Å²) in [5.74, 6) is 1.40. The second-order valence-corrected chi connectivity index (χ2v) is 7.11. The average Bonchev–Trinajstić information content (AvgIpc) is 3.09. The van der Waals surface area contributed by atoms with Crippen LogP contribution in [-0.4, -0.2) is 42.3 Å². The predicted octanol–water partition coefficient (Wildman–Crippen LogP) is 3.84. The number of aromatic nitrogens is 1. The fraction of sp³-hybridized carbons (Fsp3) is 0.364. The number of hydrogen-bond acceptors (Lipinski definition) is 4. The Morgan fingerprint density at radius 2 is 2.00 bits per heavy atom. The molecule has 2 heterocycles. The molecule has 0 saturated carbocycles. The smallest absolute Gasteiger partial charge is 0.124 e. The first kappa shape index (κ1) is 17.9. The van der Waals surface area contributed by atoms with Crippen molar-refractivity contribution >= 4 is 10.9 Å². The van der Waals surface area contributed by atoms with E-state index in [1.165, 1.54) is 22.2 Å². The molecule has 0 amide bonds. The molecule has 0 bridgehead atoms. The van der Waals surface area contributed by atoms with Crippen LogP contribution in [0.25, 0.3) is 10.9 Å². The molecule has 2 N–H and O–H groups in total. The SMILES string of the molecule is COc1ccc(OC)c([C@@H](O)CN2CCc3c([nH]c4ccccc34)[C@@H]2C)c1. The normalized spacial score (nSPS) is 18.3. The lowest BCUT2D eigenvalue weighted by Gasteiger charge is -2.35. The summed E-state index contributed by atoms with van der Waals surface area (Å²) in [6.45, 7) is 3.65. The van der Waals surface area contributed by atoms with E-state index in [2.05, 4.69) is 41.1 Å². The van der Waals surface area contributed by atoms with Gasteiger partial charge in [0.05, 0.1) is 20.3 Å². The van der Waals surface area contributed by atoms with Gasteiger partial charge >= 0.3 is 0 Å². The van der Waals surface area contributed by atoms with E-state index in [1.807, 2.05) is 18.2 Å². The molecule has 4 rings (SSSR count). The van der Waals surface area contributed by atoms with Gasteiger partial charge in [0.2, 0.25) is 0 Å². The zero-order valence-corrected chi connectivity index (χ0v) is 16.0. The van der Waals surface area contributed by atoms with Crippen molar-refractivity contribution in [1.82, 2.24) is 9.88 Å². The molecule has 0 spiro atoms. The highest BCUT2D eigenvalue weighted by Gasteiger charge is 2.29. The van der Waals surface area contributed by atoms with Crippen molar-refractivity contribution in [3.05, 3.63) is 59.3 Å². The number of nitrogens with one attached hydrogen (secondary N) is 1. The van der Waals surface area contributed by atoms with E-state index in [1.54, 1.807) is 14.2 Å². The second-order valence-electron chi connectivity index (χ2n) is 7.11. The molecule has 1 aromatic heterocycles. The van der Waals surface area contributed by atoms with Crippen molar-refractivity contribution in [2.45, 2.75) is 25.5 Å². The van der Waals surface area contributed by atoms with E-state index in [9.17, 15) is 5.11 Å². The molecule has 1 aliphatic heterocycles. The number of para-hydroxylation sites is 1. The van der Waals surface area contributed by atoms with Crippen LogP contribution in [0.3, 0.4) is 0 Å². The van der Waals surface area contributed by atoms with Crippen LogP contribution in [0.2, 0.25) is 0 Å². The molecule has 5 heteroatoms. The van der Waals surface area contributed by atoms with Gasteiger partial charge in [-0.05, 0) is 43.2 Å². The van der Waals surface area contributed by atoms with Crippen LogP contribution in [0.15, 0.2) is 42.5 Å². The van der Waals surface area contributed by atoms with Gasteiger partial charge in [-0.1, -0.05) is 18.2 Å². The molecule has 0 aliphatic carbocycles. The Morgan fingerprint density at radius 1 is 1.19 bits per heavy atom. The number of aliphatic hydroxyl groups is 1. The summed E-state index contributed by atoms with van der Waals surface area (Å²) in [7, 11) is 3.25. The van der Waals surface area contributed by atoms with Crippen LogP contribution >= 0.6 is 0 Å². The molecule has 0 saturated heterocycles. The van der Waals surface area contributed by atoms with Gasteiger partial charge in [0.1, 0.15) is 11.5 Å². The molecular weight excluding hydrogens is 340 g/mol. The molecule has 2 aromatic carbocycles.